The van der Waals surface area contributed by atoms with Gasteiger partial charge < -0.3 is 15.1 Å². The van der Waals surface area contributed by atoms with E-state index >= 15 is 0 Å². The van der Waals surface area contributed by atoms with E-state index in [1.165, 1.54) is 32.1 Å². The highest BCUT2D eigenvalue weighted by Crippen LogP contribution is 2.24. The normalized spacial score (nSPS) is 24.1. The summed E-state index contributed by atoms with van der Waals surface area (Å²) in [6.07, 6.45) is 7.44. The molecule has 2 rings (SSSR count). The zero-order chi connectivity index (χ0) is 13.5. The van der Waals surface area contributed by atoms with Gasteiger partial charge in [0, 0.05) is 6.04 Å². The lowest BCUT2D eigenvalue weighted by Gasteiger charge is -2.13. The van der Waals surface area contributed by atoms with Crippen molar-refractivity contribution in [3.8, 4) is 0 Å². The van der Waals surface area contributed by atoms with Gasteiger partial charge in [-0.05, 0) is 38.1 Å². The zero-order valence-corrected chi connectivity index (χ0v) is 12.1. The van der Waals surface area contributed by atoms with Gasteiger partial charge in [-0.2, -0.15) is 0 Å². The van der Waals surface area contributed by atoms with E-state index in [1.807, 2.05) is 0 Å². The topological polar surface area (TPSA) is 63.0 Å². The molecule has 1 heterocycles. The molecule has 0 saturated heterocycles. The number of rotatable bonds is 6. The summed E-state index contributed by atoms with van der Waals surface area (Å²) in [4.78, 5) is 0. The third-order valence-corrected chi connectivity index (χ3v) is 3.75. The molecular weight excluding hydrogens is 240 g/mol. The maximum absolute atomic E-state index is 5.60. The minimum atomic E-state index is 0.488. The van der Waals surface area contributed by atoms with Gasteiger partial charge in [0.25, 0.3) is 0 Å². The molecule has 0 aromatic carbocycles. The van der Waals surface area contributed by atoms with Crippen molar-refractivity contribution in [1.82, 2.24) is 15.5 Å². The number of aromatic nitrogens is 2. The molecule has 2 unspecified atom stereocenters. The van der Waals surface area contributed by atoms with Crippen LogP contribution in [-0.4, -0.2) is 22.8 Å². The fourth-order valence-electron chi connectivity index (χ4n) is 2.56. The van der Waals surface area contributed by atoms with Crippen LogP contribution in [-0.2, 0) is 6.54 Å². The molecule has 1 aromatic heterocycles. The molecule has 0 radical (unpaired) electrons. The van der Waals surface area contributed by atoms with Gasteiger partial charge in [-0.15, -0.1) is 5.10 Å². The Morgan fingerprint density at radius 2 is 2.11 bits per heavy atom. The van der Waals surface area contributed by atoms with Gasteiger partial charge in [-0.25, -0.2) is 0 Å². The van der Waals surface area contributed by atoms with Gasteiger partial charge in [-0.3, -0.25) is 0 Å². The molecule has 1 saturated carbocycles. The quantitative estimate of drug-likeness (QED) is 0.612. The summed E-state index contributed by atoms with van der Waals surface area (Å²) in [7, 11) is 0. The highest BCUT2D eigenvalue weighted by atomic mass is 16.4. The average Bonchev–Trinajstić information content (AvgIpc) is 2.73. The van der Waals surface area contributed by atoms with Crippen molar-refractivity contribution in [1.29, 1.82) is 0 Å². The zero-order valence-electron chi connectivity index (χ0n) is 12.1. The molecular formula is C14H26N4O. The second-order valence-corrected chi connectivity index (χ2v) is 5.63. The SMILES string of the molecule is CCCNCc1nnc(NC2CCCC(C)CC2)o1. The van der Waals surface area contributed by atoms with Crippen LogP contribution in [0.3, 0.4) is 0 Å². The predicted octanol–water partition coefficient (Wildman–Crippen LogP) is 2.95. The first-order chi connectivity index (χ1) is 9.28. The first-order valence-electron chi connectivity index (χ1n) is 7.57. The summed E-state index contributed by atoms with van der Waals surface area (Å²) in [6.45, 7) is 6.11. The monoisotopic (exact) mass is 266 g/mol. The van der Waals surface area contributed by atoms with E-state index in [0.717, 1.165) is 18.9 Å². The summed E-state index contributed by atoms with van der Waals surface area (Å²) in [6, 6.07) is 1.06. The van der Waals surface area contributed by atoms with Crippen LogP contribution in [0.15, 0.2) is 4.42 Å². The Hall–Kier alpha value is -1.10. The Morgan fingerprint density at radius 3 is 2.95 bits per heavy atom. The van der Waals surface area contributed by atoms with Crippen LogP contribution in [0.2, 0.25) is 0 Å². The van der Waals surface area contributed by atoms with Crippen molar-refractivity contribution in [2.45, 2.75) is 65.0 Å². The summed E-state index contributed by atoms with van der Waals surface area (Å²) < 4.78 is 5.60. The largest absolute Gasteiger partial charge is 0.407 e. The van der Waals surface area contributed by atoms with E-state index in [9.17, 15) is 0 Å². The Labute approximate surface area is 115 Å². The minimum Gasteiger partial charge on any atom is -0.407 e. The third-order valence-electron chi connectivity index (χ3n) is 3.75. The first-order valence-corrected chi connectivity index (χ1v) is 7.57. The number of hydrogen-bond donors (Lipinski definition) is 2. The second-order valence-electron chi connectivity index (χ2n) is 5.63. The molecule has 2 N–H and O–H groups in total. The maximum atomic E-state index is 5.60. The van der Waals surface area contributed by atoms with Crippen LogP contribution in [0.5, 0.6) is 0 Å². The van der Waals surface area contributed by atoms with Crippen LogP contribution >= 0.6 is 0 Å². The van der Waals surface area contributed by atoms with Crippen molar-refractivity contribution in [3.63, 3.8) is 0 Å². The van der Waals surface area contributed by atoms with Gasteiger partial charge in [0.2, 0.25) is 5.89 Å². The first kappa shape index (κ1) is 14.3. The number of nitrogens with one attached hydrogen (secondary N) is 2. The summed E-state index contributed by atoms with van der Waals surface area (Å²) in [5.41, 5.74) is 0. The van der Waals surface area contributed by atoms with Gasteiger partial charge in [0.05, 0.1) is 6.54 Å². The van der Waals surface area contributed by atoms with E-state index < -0.39 is 0 Å². The molecule has 2 atom stereocenters. The standard InChI is InChI=1S/C14H26N4O/c1-3-9-15-10-13-17-18-14(19-13)16-12-6-4-5-11(2)7-8-12/h11-12,15H,3-10H2,1-2H3,(H,16,18). The lowest BCUT2D eigenvalue weighted by atomic mass is 10.0. The Morgan fingerprint density at radius 1 is 1.21 bits per heavy atom. The lowest BCUT2D eigenvalue weighted by molar-refractivity contribution is 0.466. The van der Waals surface area contributed by atoms with Crippen molar-refractivity contribution >= 4 is 6.01 Å². The van der Waals surface area contributed by atoms with Crippen LogP contribution in [0.4, 0.5) is 6.01 Å². The molecule has 1 fully saturated rings. The molecule has 19 heavy (non-hydrogen) atoms. The second kappa shape index (κ2) is 7.48. The summed E-state index contributed by atoms with van der Waals surface area (Å²) in [5.74, 6) is 1.52. The molecule has 0 spiro atoms. The maximum Gasteiger partial charge on any atom is 0.315 e. The minimum absolute atomic E-state index is 0.488. The Bertz CT molecular complexity index is 366. The molecule has 1 aliphatic rings. The molecule has 108 valence electrons. The van der Waals surface area contributed by atoms with E-state index in [0.29, 0.717) is 24.5 Å². The van der Waals surface area contributed by atoms with Crippen molar-refractivity contribution < 1.29 is 4.42 Å². The number of hydrogen-bond acceptors (Lipinski definition) is 5. The Balaban J connectivity index is 1.78. The molecule has 1 aromatic rings. The van der Waals surface area contributed by atoms with Gasteiger partial charge in [0.15, 0.2) is 0 Å². The van der Waals surface area contributed by atoms with Crippen LogP contribution < -0.4 is 10.6 Å². The molecule has 0 aliphatic heterocycles. The molecule has 0 bridgehead atoms. The van der Waals surface area contributed by atoms with E-state index in [1.54, 1.807) is 0 Å². The predicted molar refractivity (Wildman–Crippen MR) is 76.0 cm³/mol. The van der Waals surface area contributed by atoms with Gasteiger partial charge >= 0.3 is 6.01 Å². The summed E-state index contributed by atoms with van der Waals surface area (Å²) in [5, 5.41) is 14.8. The van der Waals surface area contributed by atoms with Crippen LogP contribution in [0, 0.1) is 5.92 Å². The molecule has 5 nitrogen and oxygen atoms in total. The fourth-order valence-corrected chi connectivity index (χ4v) is 2.56. The fraction of sp³-hybridized carbons (Fsp3) is 0.857. The van der Waals surface area contributed by atoms with E-state index in [2.05, 4.69) is 34.7 Å². The number of nitrogens with zero attached hydrogens (tertiary/aromatic N) is 2. The van der Waals surface area contributed by atoms with E-state index in [4.69, 9.17) is 4.42 Å². The van der Waals surface area contributed by atoms with Crippen molar-refractivity contribution in [2.24, 2.45) is 5.92 Å². The van der Waals surface area contributed by atoms with Crippen LogP contribution in [0.25, 0.3) is 0 Å². The van der Waals surface area contributed by atoms with Crippen molar-refractivity contribution in [3.05, 3.63) is 5.89 Å². The smallest absolute Gasteiger partial charge is 0.315 e. The molecule has 5 heteroatoms. The third kappa shape index (κ3) is 4.82. The Kier molecular flexibility index (Phi) is 5.63. The van der Waals surface area contributed by atoms with Gasteiger partial charge in [0.1, 0.15) is 0 Å². The molecule has 1 aliphatic carbocycles. The van der Waals surface area contributed by atoms with Crippen molar-refractivity contribution in [2.75, 3.05) is 11.9 Å². The van der Waals surface area contributed by atoms with Crippen LogP contribution in [0.1, 0.15) is 58.3 Å². The van der Waals surface area contributed by atoms with Gasteiger partial charge in [-0.1, -0.05) is 31.8 Å². The molecule has 0 amide bonds. The highest BCUT2D eigenvalue weighted by Gasteiger charge is 2.17. The average molecular weight is 266 g/mol. The highest BCUT2D eigenvalue weighted by molar-refractivity contribution is 5.19. The number of anilines is 1. The lowest BCUT2D eigenvalue weighted by Crippen LogP contribution is -2.18. The summed E-state index contributed by atoms with van der Waals surface area (Å²) >= 11 is 0. The van der Waals surface area contributed by atoms with E-state index in [-0.39, 0.29) is 0 Å².